The van der Waals surface area contributed by atoms with Crippen molar-refractivity contribution in [1.29, 1.82) is 0 Å². The monoisotopic (exact) mass is 386 g/mol. The molecule has 1 amide bonds. The average molecular weight is 386 g/mol. The average Bonchev–Trinajstić information content (AvgIpc) is 3.48. The number of nitrogens with zero attached hydrogens (tertiary/aromatic N) is 3. The maximum absolute atomic E-state index is 12.4. The number of aromatic nitrogens is 4. The van der Waals surface area contributed by atoms with E-state index in [1.807, 2.05) is 18.5 Å². The van der Waals surface area contributed by atoms with Gasteiger partial charge in [0, 0.05) is 43.0 Å². The number of hydrogen-bond donors (Lipinski definition) is 3. The van der Waals surface area contributed by atoms with Gasteiger partial charge in [0.2, 0.25) is 5.91 Å². The minimum absolute atomic E-state index is 0.171. The molecule has 5 heterocycles. The lowest BCUT2D eigenvalue weighted by Gasteiger charge is -2.39. The van der Waals surface area contributed by atoms with Crippen molar-refractivity contribution in [2.45, 2.75) is 19.3 Å². The Bertz CT molecular complexity index is 1230. The number of aromatic amines is 2. The van der Waals surface area contributed by atoms with E-state index in [0.29, 0.717) is 0 Å². The molecule has 146 valence electrons. The molecule has 0 atom stereocenters. The van der Waals surface area contributed by atoms with E-state index in [1.54, 1.807) is 6.33 Å². The summed E-state index contributed by atoms with van der Waals surface area (Å²) in [7, 11) is 0. The van der Waals surface area contributed by atoms with Crippen LogP contribution in [0.2, 0.25) is 0 Å². The van der Waals surface area contributed by atoms with Crippen LogP contribution in [0.15, 0.2) is 43.0 Å². The van der Waals surface area contributed by atoms with Gasteiger partial charge in [0.1, 0.15) is 5.65 Å². The molecule has 7 nitrogen and oxygen atoms in total. The quantitative estimate of drug-likeness (QED) is 0.493. The van der Waals surface area contributed by atoms with Gasteiger partial charge in [-0.1, -0.05) is 6.07 Å². The maximum Gasteiger partial charge on any atom is 0.226 e. The number of carbonyl (C=O) groups excluding carboxylic acids is 1. The second-order valence-corrected chi connectivity index (χ2v) is 8.17. The number of H-pyrrole nitrogens is 2. The van der Waals surface area contributed by atoms with Crippen molar-refractivity contribution in [1.82, 2.24) is 25.3 Å². The summed E-state index contributed by atoms with van der Waals surface area (Å²) in [5.74, 6) is 0.239. The number of imidazole rings is 1. The van der Waals surface area contributed by atoms with E-state index in [0.717, 1.165) is 72.1 Å². The molecule has 2 fully saturated rings. The predicted octanol–water partition coefficient (Wildman–Crippen LogP) is 3.21. The highest BCUT2D eigenvalue weighted by Crippen LogP contribution is 2.43. The van der Waals surface area contributed by atoms with Crippen molar-refractivity contribution >= 4 is 33.7 Å². The van der Waals surface area contributed by atoms with Crippen LogP contribution in [0.1, 0.15) is 19.3 Å². The molecule has 3 aromatic heterocycles. The van der Waals surface area contributed by atoms with Gasteiger partial charge in [-0.2, -0.15) is 0 Å². The molecule has 0 aliphatic carbocycles. The first kappa shape index (κ1) is 16.6. The van der Waals surface area contributed by atoms with Crippen molar-refractivity contribution in [3.8, 4) is 11.1 Å². The normalized spacial score (nSPS) is 18.8. The van der Waals surface area contributed by atoms with Crippen LogP contribution < -0.4 is 10.2 Å². The number of pyridine rings is 1. The summed E-state index contributed by atoms with van der Waals surface area (Å²) in [4.78, 5) is 30.3. The third-order valence-electron chi connectivity index (χ3n) is 6.70. The fourth-order valence-electron chi connectivity index (χ4n) is 5.00. The lowest BCUT2D eigenvalue weighted by molar-refractivity contribution is -0.128. The van der Waals surface area contributed by atoms with Gasteiger partial charge in [0.15, 0.2) is 0 Å². The molecule has 6 rings (SSSR count). The molecule has 7 heteroatoms. The van der Waals surface area contributed by atoms with Gasteiger partial charge in [0.05, 0.1) is 28.5 Å². The van der Waals surface area contributed by atoms with Gasteiger partial charge in [0.25, 0.3) is 0 Å². The second kappa shape index (κ2) is 6.07. The zero-order valence-corrected chi connectivity index (χ0v) is 16.0. The molecular formula is C22H22N6O. The van der Waals surface area contributed by atoms with E-state index in [4.69, 9.17) is 0 Å². The minimum atomic E-state index is -0.171. The lowest BCUT2D eigenvalue weighted by atomic mass is 9.77. The summed E-state index contributed by atoms with van der Waals surface area (Å²) in [5.41, 5.74) is 6.12. The number of anilines is 1. The summed E-state index contributed by atoms with van der Waals surface area (Å²) in [6.45, 7) is 2.56. The fraction of sp³-hybridized carbons (Fsp3) is 0.318. The molecule has 0 saturated carbocycles. The van der Waals surface area contributed by atoms with Gasteiger partial charge in [-0.3, -0.25) is 4.79 Å². The number of piperidine rings is 1. The van der Waals surface area contributed by atoms with Crippen LogP contribution in [0.4, 0.5) is 5.69 Å². The third-order valence-corrected chi connectivity index (χ3v) is 6.70. The van der Waals surface area contributed by atoms with Crippen molar-refractivity contribution in [2.75, 3.05) is 24.5 Å². The zero-order valence-electron chi connectivity index (χ0n) is 16.0. The number of amides is 1. The summed E-state index contributed by atoms with van der Waals surface area (Å²) in [5, 5.41) is 4.15. The Morgan fingerprint density at radius 2 is 1.93 bits per heavy atom. The molecule has 2 aliphatic heterocycles. The number of fused-ring (bicyclic) bond motifs is 2. The number of nitrogens with one attached hydrogen (secondary N) is 3. The van der Waals surface area contributed by atoms with E-state index in [-0.39, 0.29) is 11.3 Å². The molecule has 0 unspecified atom stereocenters. The number of benzene rings is 1. The Kier molecular flexibility index (Phi) is 3.47. The van der Waals surface area contributed by atoms with Crippen LogP contribution in [-0.2, 0) is 4.79 Å². The van der Waals surface area contributed by atoms with Crippen LogP contribution in [0.3, 0.4) is 0 Å². The summed E-state index contributed by atoms with van der Waals surface area (Å²) in [6, 6.07) is 8.39. The van der Waals surface area contributed by atoms with Crippen LogP contribution in [0.25, 0.3) is 33.2 Å². The Labute approximate surface area is 167 Å². The van der Waals surface area contributed by atoms with Gasteiger partial charge < -0.3 is 20.2 Å². The van der Waals surface area contributed by atoms with Crippen LogP contribution >= 0.6 is 0 Å². The molecular weight excluding hydrogens is 364 g/mol. The lowest BCUT2D eigenvalue weighted by Crippen LogP contribution is -2.44. The Hall–Kier alpha value is -3.35. The SMILES string of the molecule is O=C1NCCC12CCN(c1c(-c3ccc4nc[nH]c4c3)cnc3[nH]ccc13)CC2. The first-order chi connectivity index (χ1) is 14.2. The van der Waals surface area contributed by atoms with Gasteiger partial charge in [-0.15, -0.1) is 0 Å². The molecule has 1 aromatic carbocycles. The largest absolute Gasteiger partial charge is 0.370 e. The summed E-state index contributed by atoms with van der Waals surface area (Å²) < 4.78 is 0. The van der Waals surface area contributed by atoms with Gasteiger partial charge >= 0.3 is 0 Å². The first-order valence-corrected chi connectivity index (χ1v) is 10.2. The molecule has 2 saturated heterocycles. The van der Waals surface area contributed by atoms with Crippen LogP contribution in [0.5, 0.6) is 0 Å². The van der Waals surface area contributed by atoms with E-state index >= 15 is 0 Å². The molecule has 0 bridgehead atoms. The van der Waals surface area contributed by atoms with Crippen molar-refractivity contribution in [2.24, 2.45) is 5.41 Å². The molecule has 29 heavy (non-hydrogen) atoms. The first-order valence-electron chi connectivity index (χ1n) is 10.2. The predicted molar refractivity (Wildman–Crippen MR) is 113 cm³/mol. The third kappa shape index (κ3) is 2.46. The molecule has 0 radical (unpaired) electrons. The summed E-state index contributed by atoms with van der Waals surface area (Å²) >= 11 is 0. The Morgan fingerprint density at radius 1 is 1.03 bits per heavy atom. The number of carbonyl (C=O) groups is 1. The molecule has 3 N–H and O–H groups in total. The van der Waals surface area contributed by atoms with Crippen molar-refractivity contribution < 1.29 is 4.79 Å². The van der Waals surface area contributed by atoms with E-state index in [9.17, 15) is 4.79 Å². The van der Waals surface area contributed by atoms with Gasteiger partial charge in [-0.05, 0) is 43.0 Å². The maximum atomic E-state index is 12.4. The highest BCUT2D eigenvalue weighted by molar-refractivity contribution is 6.00. The fourth-order valence-corrected chi connectivity index (χ4v) is 5.00. The highest BCUT2D eigenvalue weighted by Gasteiger charge is 2.44. The Morgan fingerprint density at radius 3 is 2.76 bits per heavy atom. The highest BCUT2D eigenvalue weighted by atomic mass is 16.2. The molecule has 4 aromatic rings. The minimum Gasteiger partial charge on any atom is -0.370 e. The standard InChI is InChI=1S/C22H22N6O/c29-21-22(4-8-24-21)5-9-28(10-6-22)19-15-3-7-23-20(15)25-12-16(19)14-1-2-17-18(11-14)27-13-26-17/h1-3,7,11-13H,4-6,8-10H2,(H,23,25)(H,24,29)(H,26,27). The van der Waals surface area contributed by atoms with E-state index in [1.165, 1.54) is 5.69 Å². The topological polar surface area (TPSA) is 89.7 Å². The van der Waals surface area contributed by atoms with Crippen molar-refractivity contribution in [3.63, 3.8) is 0 Å². The van der Waals surface area contributed by atoms with Crippen molar-refractivity contribution in [3.05, 3.63) is 43.0 Å². The number of hydrogen-bond acceptors (Lipinski definition) is 4. The second-order valence-electron chi connectivity index (χ2n) is 8.17. The number of rotatable bonds is 2. The van der Waals surface area contributed by atoms with Gasteiger partial charge in [-0.25, -0.2) is 9.97 Å². The molecule has 1 spiro atoms. The van der Waals surface area contributed by atoms with Crippen LogP contribution in [0, 0.1) is 5.41 Å². The van der Waals surface area contributed by atoms with Crippen LogP contribution in [-0.4, -0.2) is 45.5 Å². The zero-order chi connectivity index (χ0) is 19.4. The Balaban J connectivity index is 1.44. The van der Waals surface area contributed by atoms with E-state index in [2.05, 4.69) is 48.4 Å². The smallest absolute Gasteiger partial charge is 0.226 e. The summed E-state index contributed by atoms with van der Waals surface area (Å²) in [6.07, 6.45) is 8.37. The van der Waals surface area contributed by atoms with E-state index < -0.39 is 0 Å². The molecule has 2 aliphatic rings.